The molecule has 0 atom stereocenters. The highest BCUT2D eigenvalue weighted by Crippen LogP contribution is 2.58. The lowest BCUT2D eigenvalue weighted by Gasteiger charge is -2.35. The molecule has 184 valence electrons. The molecule has 2 nitrogen and oxygen atoms in total. The minimum atomic E-state index is -0.565. The van der Waals surface area contributed by atoms with Gasteiger partial charge < -0.3 is 10.2 Å². The molecule has 0 amide bonds. The van der Waals surface area contributed by atoms with E-state index in [9.17, 15) is 10.2 Å². The van der Waals surface area contributed by atoms with Crippen molar-refractivity contribution in [2.24, 2.45) is 0 Å². The molecule has 0 radical (unpaired) electrons. The molecule has 0 spiro atoms. The van der Waals surface area contributed by atoms with Crippen LogP contribution < -0.4 is 0 Å². The van der Waals surface area contributed by atoms with Crippen LogP contribution in [0.2, 0.25) is 0 Å². The van der Waals surface area contributed by atoms with E-state index in [4.69, 9.17) is 0 Å². The van der Waals surface area contributed by atoms with Crippen molar-refractivity contribution in [1.82, 2.24) is 0 Å². The van der Waals surface area contributed by atoms with E-state index in [-0.39, 0.29) is 11.5 Å². The summed E-state index contributed by atoms with van der Waals surface area (Å²) in [6.07, 6.45) is 0. The largest absolute Gasteiger partial charge is 0.508 e. The summed E-state index contributed by atoms with van der Waals surface area (Å²) in [6.45, 7) is 0. The normalized spacial score (nSPS) is 13.5. The molecular formula is C37H24O2. The van der Waals surface area contributed by atoms with Crippen LogP contribution in [0.3, 0.4) is 0 Å². The molecular weight excluding hydrogens is 476 g/mol. The fraction of sp³-hybridized carbons (Fsp3) is 0.0270. The first kappa shape index (κ1) is 22.0. The summed E-state index contributed by atoms with van der Waals surface area (Å²) < 4.78 is 0. The molecule has 2 N–H and O–H groups in total. The molecule has 0 bridgehead atoms. The van der Waals surface area contributed by atoms with E-state index in [0.717, 1.165) is 21.5 Å². The van der Waals surface area contributed by atoms with Gasteiger partial charge in [0.1, 0.15) is 11.5 Å². The second kappa shape index (κ2) is 7.96. The summed E-state index contributed by atoms with van der Waals surface area (Å²) in [5, 5.41) is 26.9. The molecule has 7 aromatic carbocycles. The van der Waals surface area contributed by atoms with Crippen molar-refractivity contribution >= 4 is 32.3 Å². The molecule has 0 unspecified atom stereocenters. The Bertz CT molecular complexity index is 2020. The SMILES string of the molecule is Oc1ccc2cc(C3(c4ccc5cc(O)ccc5c4)c4ccccc4-c4ccc5ccccc5c43)ccc2c1. The standard InChI is InChI=1S/C37H24O2/c38-30-16-11-24-19-28(14-9-26(24)21-30)37(29-15-10-27-22-31(39)17-12-25(27)20-29)35-8-4-3-7-33(35)34-18-13-23-5-1-2-6-32(23)36(34)37/h1-22,38-39H. The Hall–Kier alpha value is -5.08. The molecule has 2 heteroatoms. The molecule has 39 heavy (non-hydrogen) atoms. The average Bonchev–Trinajstić information content (AvgIpc) is 3.28. The van der Waals surface area contributed by atoms with Gasteiger partial charge in [0, 0.05) is 0 Å². The Morgan fingerprint density at radius 3 is 1.64 bits per heavy atom. The van der Waals surface area contributed by atoms with Gasteiger partial charge in [-0.05, 0) is 102 Å². The zero-order chi connectivity index (χ0) is 26.1. The molecule has 7 aromatic rings. The first-order valence-electron chi connectivity index (χ1n) is 13.2. The molecule has 0 heterocycles. The maximum atomic E-state index is 10.1. The summed E-state index contributed by atoms with van der Waals surface area (Å²) in [6, 6.07) is 46.3. The number of fused-ring (bicyclic) bond motifs is 7. The topological polar surface area (TPSA) is 40.5 Å². The molecule has 0 saturated carbocycles. The van der Waals surface area contributed by atoms with Crippen LogP contribution in [-0.4, -0.2) is 10.2 Å². The number of hydrogen-bond donors (Lipinski definition) is 2. The Kier molecular flexibility index (Phi) is 4.48. The molecule has 0 aromatic heterocycles. The number of benzene rings is 7. The first-order valence-corrected chi connectivity index (χ1v) is 13.2. The van der Waals surface area contributed by atoms with Crippen LogP contribution in [0.1, 0.15) is 22.3 Å². The lowest BCUT2D eigenvalue weighted by molar-refractivity contribution is 0.475. The maximum Gasteiger partial charge on any atom is 0.116 e. The minimum absolute atomic E-state index is 0.269. The van der Waals surface area contributed by atoms with Gasteiger partial charge in [-0.25, -0.2) is 0 Å². The van der Waals surface area contributed by atoms with E-state index in [1.807, 2.05) is 24.3 Å². The van der Waals surface area contributed by atoms with Crippen molar-refractivity contribution in [3.63, 3.8) is 0 Å². The van der Waals surface area contributed by atoms with Crippen molar-refractivity contribution in [1.29, 1.82) is 0 Å². The van der Waals surface area contributed by atoms with E-state index in [1.54, 1.807) is 12.1 Å². The van der Waals surface area contributed by atoms with Gasteiger partial charge in [-0.3, -0.25) is 0 Å². The molecule has 0 fully saturated rings. The van der Waals surface area contributed by atoms with Crippen LogP contribution in [0.5, 0.6) is 11.5 Å². The zero-order valence-electron chi connectivity index (χ0n) is 21.1. The van der Waals surface area contributed by atoms with Crippen LogP contribution in [0, 0.1) is 0 Å². The quantitative estimate of drug-likeness (QED) is 0.249. The minimum Gasteiger partial charge on any atom is -0.508 e. The molecule has 1 aliphatic rings. The summed E-state index contributed by atoms with van der Waals surface area (Å²) in [7, 11) is 0. The van der Waals surface area contributed by atoms with Gasteiger partial charge >= 0.3 is 0 Å². The smallest absolute Gasteiger partial charge is 0.116 e. The van der Waals surface area contributed by atoms with Crippen molar-refractivity contribution in [3.8, 4) is 22.6 Å². The third-order valence-electron chi connectivity index (χ3n) is 8.44. The van der Waals surface area contributed by atoms with Gasteiger partial charge in [-0.15, -0.1) is 0 Å². The lowest BCUT2D eigenvalue weighted by atomic mass is 9.66. The highest BCUT2D eigenvalue weighted by molar-refractivity contribution is 6.01. The second-order valence-corrected chi connectivity index (χ2v) is 10.5. The highest BCUT2D eigenvalue weighted by atomic mass is 16.3. The number of hydrogen-bond acceptors (Lipinski definition) is 2. The Labute approximate surface area is 226 Å². The fourth-order valence-electron chi connectivity index (χ4n) is 6.78. The van der Waals surface area contributed by atoms with Crippen molar-refractivity contribution in [2.45, 2.75) is 5.41 Å². The van der Waals surface area contributed by atoms with Gasteiger partial charge in [0.05, 0.1) is 5.41 Å². The van der Waals surface area contributed by atoms with Crippen LogP contribution in [0.4, 0.5) is 0 Å². The van der Waals surface area contributed by atoms with Crippen LogP contribution in [0.15, 0.2) is 133 Å². The summed E-state index contributed by atoms with van der Waals surface area (Å²) in [5.41, 5.74) is 6.84. The predicted octanol–water partition coefficient (Wildman–Crippen LogP) is 8.92. The molecule has 1 aliphatic carbocycles. The molecule has 8 rings (SSSR count). The monoisotopic (exact) mass is 500 g/mol. The molecule has 0 saturated heterocycles. The van der Waals surface area contributed by atoms with E-state index in [0.29, 0.717) is 0 Å². The van der Waals surface area contributed by atoms with E-state index in [1.165, 1.54) is 44.2 Å². The van der Waals surface area contributed by atoms with E-state index < -0.39 is 5.41 Å². The van der Waals surface area contributed by atoms with Gasteiger partial charge in [-0.1, -0.05) is 97.1 Å². The Morgan fingerprint density at radius 1 is 0.410 bits per heavy atom. The summed E-state index contributed by atoms with van der Waals surface area (Å²) in [5.74, 6) is 0.538. The van der Waals surface area contributed by atoms with Crippen LogP contribution in [0.25, 0.3) is 43.4 Å². The summed E-state index contributed by atoms with van der Waals surface area (Å²) in [4.78, 5) is 0. The third-order valence-corrected chi connectivity index (χ3v) is 8.44. The van der Waals surface area contributed by atoms with E-state index in [2.05, 4.69) is 97.1 Å². The van der Waals surface area contributed by atoms with E-state index >= 15 is 0 Å². The average molecular weight is 501 g/mol. The van der Waals surface area contributed by atoms with Gasteiger partial charge in [0.25, 0.3) is 0 Å². The van der Waals surface area contributed by atoms with Gasteiger partial charge in [0.15, 0.2) is 0 Å². The number of phenolic OH excluding ortho intramolecular Hbond substituents is 2. The van der Waals surface area contributed by atoms with Gasteiger partial charge in [-0.2, -0.15) is 0 Å². The zero-order valence-corrected chi connectivity index (χ0v) is 21.1. The van der Waals surface area contributed by atoms with Crippen molar-refractivity contribution in [3.05, 3.63) is 156 Å². The van der Waals surface area contributed by atoms with Crippen LogP contribution >= 0.6 is 0 Å². The first-order chi connectivity index (χ1) is 19.1. The number of aromatic hydroxyl groups is 2. The predicted molar refractivity (Wildman–Crippen MR) is 160 cm³/mol. The lowest BCUT2D eigenvalue weighted by Crippen LogP contribution is -2.29. The van der Waals surface area contributed by atoms with Crippen molar-refractivity contribution in [2.75, 3.05) is 0 Å². The second-order valence-electron chi connectivity index (χ2n) is 10.5. The fourth-order valence-corrected chi connectivity index (χ4v) is 6.78. The highest BCUT2D eigenvalue weighted by Gasteiger charge is 2.47. The van der Waals surface area contributed by atoms with Crippen molar-refractivity contribution < 1.29 is 10.2 Å². The molecule has 0 aliphatic heterocycles. The summed E-state index contributed by atoms with van der Waals surface area (Å²) >= 11 is 0. The Morgan fingerprint density at radius 2 is 0.949 bits per heavy atom. The Balaban J connectivity index is 1.57. The number of phenols is 2. The third kappa shape index (κ3) is 3.03. The van der Waals surface area contributed by atoms with Gasteiger partial charge in [0.2, 0.25) is 0 Å². The maximum absolute atomic E-state index is 10.1. The number of rotatable bonds is 2. The van der Waals surface area contributed by atoms with Crippen LogP contribution in [-0.2, 0) is 5.41 Å².